The zero-order valence-corrected chi connectivity index (χ0v) is 49.7. The summed E-state index contributed by atoms with van der Waals surface area (Å²) in [5.74, 6) is 0.330. The van der Waals surface area contributed by atoms with Gasteiger partial charge in [-0.1, -0.05) is 68.8 Å². The Labute approximate surface area is 479 Å². The fourth-order valence-electron chi connectivity index (χ4n) is 10.5. The molecule has 3 fully saturated rings. The Morgan fingerprint density at radius 2 is 1.62 bits per heavy atom. The van der Waals surface area contributed by atoms with Crippen LogP contribution in [-0.2, 0) is 35.0 Å². The fraction of sp³-hybridized carbons (Fsp3) is 0.517. The van der Waals surface area contributed by atoms with Crippen molar-refractivity contribution in [1.82, 2.24) is 40.3 Å². The first kappa shape index (κ1) is 60.4. The van der Waals surface area contributed by atoms with Gasteiger partial charge in [-0.05, 0) is 80.3 Å². The van der Waals surface area contributed by atoms with Crippen molar-refractivity contribution < 1.29 is 38.3 Å². The van der Waals surface area contributed by atoms with Gasteiger partial charge in [0.05, 0.1) is 66.7 Å². The number of amides is 3. The van der Waals surface area contributed by atoms with E-state index in [1.165, 1.54) is 11.1 Å². The van der Waals surface area contributed by atoms with Gasteiger partial charge < -0.3 is 59.8 Å². The lowest BCUT2D eigenvalue weighted by molar-refractivity contribution is -0.144. The molecular formula is C58H79ClN11O8PS. The summed E-state index contributed by atoms with van der Waals surface area (Å²) in [5, 5.41) is 24.1. The number of hydrogen-bond acceptors (Lipinski definition) is 17. The molecule has 0 unspecified atom stereocenters. The Morgan fingerprint density at radius 1 is 0.900 bits per heavy atom. The van der Waals surface area contributed by atoms with E-state index < -0.39 is 36.7 Å². The molecule has 5 aromatic rings. The number of hydrogen-bond donors (Lipinski definition) is 5. The van der Waals surface area contributed by atoms with Crippen LogP contribution in [0.5, 0.6) is 5.75 Å². The molecule has 3 amide bonds. The molecule has 3 atom stereocenters. The van der Waals surface area contributed by atoms with E-state index in [1.54, 1.807) is 31.8 Å². The van der Waals surface area contributed by atoms with Crippen LogP contribution in [-0.4, -0.2) is 176 Å². The zero-order chi connectivity index (χ0) is 57.0. The highest BCUT2D eigenvalue weighted by molar-refractivity contribution is 7.70. The number of β-amino-alcohol motifs (C(OH)–C–C–N with tert-alkyl or cyclic N) is 1. The average Bonchev–Trinajstić information content (AvgIpc) is 4.07. The molecule has 19 nitrogen and oxygen atoms in total. The number of nitrogens with one attached hydrogen (secondary N) is 4. The minimum Gasteiger partial charge on any atom is -0.494 e. The number of piperidine rings is 1. The first-order chi connectivity index (χ1) is 38.3. The number of para-hydroxylation sites is 1. The maximum atomic E-state index is 14.0. The van der Waals surface area contributed by atoms with Gasteiger partial charge in [0.2, 0.25) is 23.7 Å². The number of aliphatic hydroxyl groups is 1. The van der Waals surface area contributed by atoms with Crippen LogP contribution in [0.3, 0.4) is 0 Å². The van der Waals surface area contributed by atoms with Crippen LogP contribution in [0, 0.1) is 12.3 Å². The molecule has 2 aromatic heterocycles. The van der Waals surface area contributed by atoms with Gasteiger partial charge >= 0.3 is 0 Å². The van der Waals surface area contributed by atoms with Crippen LogP contribution >= 0.6 is 30.1 Å². The number of ether oxygens (including phenoxy) is 3. The quantitative estimate of drug-likeness (QED) is 0.0298. The Hall–Kier alpha value is -5.70. The summed E-state index contributed by atoms with van der Waals surface area (Å²) in [6, 6.07) is 20.3. The second-order valence-corrected chi connectivity index (χ2v) is 26.7. The Morgan fingerprint density at radius 3 is 2.31 bits per heavy atom. The van der Waals surface area contributed by atoms with Crippen molar-refractivity contribution in [3.63, 3.8) is 0 Å². The van der Waals surface area contributed by atoms with Crippen LogP contribution in [0.15, 0.2) is 78.4 Å². The molecule has 0 aliphatic carbocycles. The van der Waals surface area contributed by atoms with Gasteiger partial charge in [0.15, 0.2) is 5.82 Å². The number of likely N-dealkylation sites (tertiary alicyclic amines) is 1. The maximum absolute atomic E-state index is 14.0. The highest BCUT2D eigenvalue weighted by atomic mass is 35.5. The summed E-state index contributed by atoms with van der Waals surface area (Å²) in [6.07, 6.45) is 3.95. The van der Waals surface area contributed by atoms with Crippen molar-refractivity contribution in [3.05, 3.63) is 94.7 Å². The van der Waals surface area contributed by atoms with E-state index >= 15 is 0 Å². The number of benzene rings is 3. The van der Waals surface area contributed by atoms with Gasteiger partial charge in [0.25, 0.3) is 0 Å². The molecule has 3 aromatic carbocycles. The molecule has 3 saturated heterocycles. The number of carbonyl (C=O) groups excluding carboxylic acids is 3. The Kier molecular flexibility index (Phi) is 21.0. The highest BCUT2D eigenvalue weighted by Gasteiger charge is 2.44. The predicted octanol–water partition coefficient (Wildman–Crippen LogP) is 7.51. The Balaban J connectivity index is 0.682. The number of aryl methyl sites for hydroxylation is 1. The molecule has 0 saturated carbocycles. The highest BCUT2D eigenvalue weighted by Crippen LogP contribution is 2.39. The van der Waals surface area contributed by atoms with Crippen molar-refractivity contribution in [2.45, 2.75) is 90.6 Å². The standard InChI is InChI=1S/C58H79ClN11O8PS/c1-39-52(80-38-62-39)41-15-13-40(14-16-41)35-60-55(73)48-34-44(71)37-70(48)56(74)53(58(2,3)4)65-51(72)21-30-78-32-31-77-29-10-22-67-25-27-69(28-26-67)42-19-23-68(24-20-42)43-17-18-46(49(33-43)76-5)64-57-61-36-45(59)54(66-57)63-47-11-8-9-12-50(47)79(6,7)75/h8-9,11-18,33,36,38,42,44,48,53,71H,10,19-32,34-35,37H2,1-7H3,(H,60,73)(H,65,72)(H2,61,63,64,66)/t44-,48+,53-/m1/s1. The summed E-state index contributed by atoms with van der Waals surface area (Å²) in [6.45, 7) is 19.9. The van der Waals surface area contributed by atoms with Crippen LogP contribution in [0.1, 0.15) is 64.1 Å². The fourth-order valence-corrected chi connectivity index (χ4v) is 12.6. The van der Waals surface area contributed by atoms with E-state index in [-0.39, 0.29) is 44.4 Å². The van der Waals surface area contributed by atoms with Crippen LogP contribution in [0.4, 0.5) is 28.8 Å². The van der Waals surface area contributed by atoms with Gasteiger partial charge in [0, 0.05) is 101 Å². The van der Waals surface area contributed by atoms with E-state index in [0.29, 0.717) is 59.4 Å². The first-order valence-corrected chi connectivity index (χ1v) is 31.5. The van der Waals surface area contributed by atoms with Gasteiger partial charge in [-0.3, -0.25) is 19.3 Å². The van der Waals surface area contributed by atoms with E-state index in [9.17, 15) is 24.1 Å². The number of piperazine rings is 1. The number of rotatable bonds is 24. The smallest absolute Gasteiger partial charge is 0.246 e. The average molecular weight is 1160 g/mol. The minimum absolute atomic E-state index is 0.00734. The van der Waals surface area contributed by atoms with Crippen molar-refractivity contribution in [1.29, 1.82) is 0 Å². The second kappa shape index (κ2) is 27.8. The molecule has 3 aliphatic heterocycles. The lowest BCUT2D eigenvalue weighted by atomic mass is 9.85. The predicted molar refractivity (Wildman–Crippen MR) is 318 cm³/mol. The number of aliphatic hydroxyl groups excluding tert-OH is 1. The lowest BCUT2D eigenvalue weighted by Crippen LogP contribution is -2.57. The third kappa shape index (κ3) is 16.3. The molecule has 0 radical (unpaired) electrons. The second-order valence-electron chi connectivity index (χ2n) is 22.3. The SMILES string of the molecule is COc1cc(N2CCC(N3CCN(CCCOCCOCCC(=O)N[C@H](C(=O)N4C[C@H](O)C[C@H]4C(=O)NCc4ccc(-c5scnc5C)cc4)C(C)(C)C)CC3)CC2)ccc1Nc1ncc(Cl)c(Nc2ccccc2P(C)(C)=O)n1. The molecule has 5 heterocycles. The molecule has 5 N–H and O–H groups in total. The van der Waals surface area contributed by atoms with E-state index in [0.717, 1.165) is 98.1 Å². The molecule has 22 heteroatoms. The molecule has 8 rings (SSSR count). The number of aromatic nitrogens is 3. The third-order valence-electron chi connectivity index (χ3n) is 15.0. The topological polar surface area (TPSA) is 216 Å². The maximum Gasteiger partial charge on any atom is 0.246 e. The molecule has 3 aliphatic rings. The van der Waals surface area contributed by atoms with Crippen molar-refractivity contribution >= 4 is 81.9 Å². The monoisotopic (exact) mass is 1160 g/mol. The Bertz CT molecular complexity index is 2920. The first-order valence-electron chi connectivity index (χ1n) is 27.7. The summed E-state index contributed by atoms with van der Waals surface area (Å²) in [4.78, 5) is 64.1. The van der Waals surface area contributed by atoms with Crippen LogP contribution in [0.2, 0.25) is 5.02 Å². The van der Waals surface area contributed by atoms with Crippen LogP contribution < -0.4 is 36.2 Å². The molecular weight excluding hydrogens is 1080 g/mol. The lowest BCUT2D eigenvalue weighted by Gasteiger charge is -2.43. The van der Waals surface area contributed by atoms with E-state index in [2.05, 4.69) is 63.1 Å². The van der Waals surface area contributed by atoms with Crippen molar-refractivity contribution in [3.8, 4) is 16.2 Å². The summed E-state index contributed by atoms with van der Waals surface area (Å²) < 4.78 is 30.4. The summed E-state index contributed by atoms with van der Waals surface area (Å²) in [5.41, 5.74) is 6.60. The van der Waals surface area contributed by atoms with E-state index in [1.807, 2.05) is 87.8 Å². The number of halogens is 1. The van der Waals surface area contributed by atoms with Crippen molar-refractivity contribution in [2.75, 3.05) is 115 Å². The molecule has 80 heavy (non-hydrogen) atoms. The normalized spacial score (nSPS) is 18.0. The van der Waals surface area contributed by atoms with Gasteiger partial charge in [-0.2, -0.15) is 4.98 Å². The van der Waals surface area contributed by atoms with Gasteiger partial charge in [-0.15, -0.1) is 11.3 Å². The molecule has 0 spiro atoms. The number of methoxy groups -OCH3 is 1. The third-order valence-corrected chi connectivity index (χ3v) is 17.8. The van der Waals surface area contributed by atoms with Gasteiger partial charge in [-0.25, -0.2) is 9.97 Å². The van der Waals surface area contributed by atoms with E-state index in [4.69, 9.17) is 25.8 Å². The van der Waals surface area contributed by atoms with Crippen LogP contribution in [0.25, 0.3) is 10.4 Å². The summed E-state index contributed by atoms with van der Waals surface area (Å²) >= 11 is 8.08. The number of carbonyl (C=O) groups is 3. The van der Waals surface area contributed by atoms with Gasteiger partial charge in [0.1, 0.15) is 30.0 Å². The minimum atomic E-state index is -2.56. The zero-order valence-electron chi connectivity index (χ0n) is 47.2. The number of nitrogens with zero attached hydrogens (tertiary/aromatic N) is 7. The molecule has 0 bridgehead atoms. The summed E-state index contributed by atoms with van der Waals surface area (Å²) in [7, 11) is -0.904. The largest absolute Gasteiger partial charge is 0.494 e. The number of thiazole rings is 1. The number of anilines is 5. The van der Waals surface area contributed by atoms with Crippen molar-refractivity contribution in [2.24, 2.45) is 5.41 Å². The molecule has 432 valence electrons.